The largest absolute Gasteiger partial charge is 0.415 e. The number of carbonyl (C=O) groups excluding carboxylic acids is 2. The number of halogens is 1. The summed E-state index contributed by atoms with van der Waals surface area (Å²) in [7, 11) is 0. The van der Waals surface area contributed by atoms with Crippen molar-refractivity contribution in [3.63, 3.8) is 0 Å². The number of ether oxygens (including phenoxy) is 1. The predicted molar refractivity (Wildman–Crippen MR) is 127 cm³/mol. The first kappa shape index (κ1) is 23.7. The molecule has 0 aromatic heterocycles. The lowest BCUT2D eigenvalue weighted by atomic mass is 10.2. The zero-order valence-electron chi connectivity index (χ0n) is 19.1. The van der Waals surface area contributed by atoms with E-state index < -0.39 is 11.9 Å². The average molecular weight is 476 g/mol. The van der Waals surface area contributed by atoms with Gasteiger partial charge in [0.1, 0.15) is 11.6 Å². The van der Waals surface area contributed by atoms with E-state index in [1.807, 2.05) is 5.01 Å². The van der Waals surface area contributed by atoms with Gasteiger partial charge in [-0.05, 0) is 68.4 Å². The number of hydrazine groups is 1. The second-order valence-electron chi connectivity index (χ2n) is 8.24. The minimum atomic E-state index is -0.473. The van der Waals surface area contributed by atoms with Crippen LogP contribution in [0.4, 0.5) is 9.18 Å². The zero-order valence-corrected chi connectivity index (χ0v) is 19.9. The van der Waals surface area contributed by atoms with Crippen molar-refractivity contribution in [2.24, 2.45) is 4.99 Å². The Kier molecular flexibility index (Phi) is 7.67. The molecule has 1 N–H and O–H groups in total. The first-order valence-electron chi connectivity index (χ1n) is 11.5. The van der Waals surface area contributed by atoms with E-state index in [0.29, 0.717) is 34.8 Å². The van der Waals surface area contributed by atoms with Gasteiger partial charge in [-0.25, -0.2) is 14.6 Å². The highest BCUT2D eigenvalue weighted by molar-refractivity contribution is 8.18. The fourth-order valence-corrected chi connectivity index (χ4v) is 5.25. The topological polar surface area (TPSA) is 77.5 Å². The van der Waals surface area contributed by atoms with Crippen molar-refractivity contribution in [1.29, 1.82) is 0 Å². The van der Waals surface area contributed by atoms with Gasteiger partial charge in [-0.15, -0.1) is 0 Å². The Bertz CT molecular complexity index is 959. The number of amides is 2. The zero-order chi connectivity index (χ0) is 23.4. The molecule has 8 nitrogen and oxygen atoms in total. The fraction of sp³-hybridized carbons (Fsp3) is 0.522. The molecule has 2 fully saturated rings. The SMILES string of the molecule is CCN(CC)[C@@H]1CCN(C(=O)Oc2ccc(F)cc2C=C2SC(N3CCCCN3)=NC2=O)C1. The number of nitrogens with zero attached hydrogens (tertiary/aromatic N) is 4. The highest BCUT2D eigenvalue weighted by Crippen LogP contribution is 2.33. The Morgan fingerprint density at radius 2 is 2.15 bits per heavy atom. The predicted octanol–water partition coefficient (Wildman–Crippen LogP) is 3.31. The van der Waals surface area contributed by atoms with Crippen molar-refractivity contribution in [2.75, 3.05) is 39.3 Å². The molecule has 1 aromatic carbocycles. The number of rotatable bonds is 5. The van der Waals surface area contributed by atoms with Crippen LogP contribution in [0.15, 0.2) is 28.1 Å². The molecule has 178 valence electrons. The maximum atomic E-state index is 14.0. The van der Waals surface area contributed by atoms with Crippen molar-refractivity contribution >= 4 is 35.0 Å². The summed E-state index contributed by atoms with van der Waals surface area (Å²) < 4.78 is 19.7. The molecule has 33 heavy (non-hydrogen) atoms. The van der Waals surface area contributed by atoms with E-state index in [9.17, 15) is 14.0 Å². The number of aliphatic imine (C=N–C) groups is 1. The van der Waals surface area contributed by atoms with Gasteiger partial charge >= 0.3 is 6.09 Å². The first-order valence-corrected chi connectivity index (χ1v) is 12.3. The Hall–Kier alpha value is -2.43. The lowest BCUT2D eigenvalue weighted by Gasteiger charge is -2.28. The Labute approximate surface area is 197 Å². The van der Waals surface area contributed by atoms with Crippen molar-refractivity contribution in [2.45, 2.75) is 39.2 Å². The molecule has 0 radical (unpaired) electrons. The standard InChI is InChI=1S/C23H30FN5O3S/c1-3-27(4-2)18-9-12-28(15-18)23(31)32-19-8-7-17(24)13-16(19)14-20-21(30)26-22(33-20)29-11-6-5-10-25-29/h7-8,13-14,18,25H,3-6,9-12,15H2,1-2H3/t18-/m1/s1. The fourth-order valence-electron chi connectivity index (χ4n) is 4.34. The second-order valence-corrected chi connectivity index (χ2v) is 9.25. The van der Waals surface area contributed by atoms with Crippen molar-refractivity contribution in [3.8, 4) is 5.75 Å². The summed E-state index contributed by atoms with van der Waals surface area (Å²) in [5, 5.41) is 2.46. The van der Waals surface area contributed by atoms with Crippen LogP contribution in [0.2, 0.25) is 0 Å². The van der Waals surface area contributed by atoms with E-state index in [1.165, 1.54) is 30.0 Å². The van der Waals surface area contributed by atoms with E-state index in [4.69, 9.17) is 4.74 Å². The maximum Gasteiger partial charge on any atom is 0.415 e. The number of likely N-dealkylation sites (tertiary alicyclic amines) is 1. The van der Waals surface area contributed by atoms with E-state index in [2.05, 4.69) is 29.2 Å². The summed E-state index contributed by atoms with van der Waals surface area (Å²) in [6.45, 7) is 8.93. The summed E-state index contributed by atoms with van der Waals surface area (Å²) in [6.07, 6.45) is 4.08. The normalized spacial score (nSPS) is 22.4. The van der Waals surface area contributed by atoms with Gasteiger partial charge in [0.05, 0.1) is 4.91 Å². The molecule has 3 heterocycles. The van der Waals surface area contributed by atoms with Crippen LogP contribution >= 0.6 is 11.8 Å². The molecule has 1 aromatic rings. The number of benzene rings is 1. The summed E-state index contributed by atoms with van der Waals surface area (Å²) in [5.74, 6) is -0.637. The average Bonchev–Trinajstić information content (AvgIpc) is 3.45. The third kappa shape index (κ3) is 5.56. The van der Waals surface area contributed by atoms with Gasteiger partial charge in [-0.1, -0.05) is 13.8 Å². The van der Waals surface area contributed by atoms with Gasteiger partial charge in [-0.2, -0.15) is 4.99 Å². The number of thioether (sulfide) groups is 1. The summed E-state index contributed by atoms with van der Waals surface area (Å²) >= 11 is 1.23. The maximum absolute atomic E-state index is 14.0. The molecule has 0 aliphatic carbocycles. The van der Waals surface area contributed by atoms with Crippen LogP contribution in [0.3, 0.4) is 0 Å². The number of nitrogens with one attached hydrogen (secondary N) is 1. The molecule has 3 aliphatic rings. The molecule has 2 amide bonds. The summed E-state index contributed by atoms with van der Waals surface area (Å²) in [5.41, 5.74) is 3.56. The molecule has 0 unspecified atom stereocenters. The van der Waals surface area contributed by atoms with Crippen LogP contribution in [0.5, 0.6) is 5.75 Å². The number of amidine groups is 1. The Balaban J connectivity index is 1.46. The van der Waals surface area contributed by atoms with Crippen LogP contribution in [0, 0.1) is 5.82 Å². The van der Waals surface area contributed by atoms with Crippen molar-refractivity contribution < 1.29 is 18.7 Å². The van der Waals surface area contributed by atoms with Crippen LogP contribution < -0.4 is 10.2 Å². The highest BCUT2D eigenvalue weighted by atomic mass is 32.2. The van der Waals surface area contributed by atoms with Crippen LogP contribution in [-0.4, -0.2) is 77.3 Å². The molecular formula is C23H30FN5O3S. The monoisotopic (exact) mass is 475 g/mol. The number of hydrogen-bond acceptors (Lipinski definition) is 7. The molecule has 2 saturated heterocycles. The molecule has 0 saturated carbocycles. The molecular weight excluding hydrogens is 445 g/mol. The smallest absolute Gasteiger partial charge is 0.410 e. The van der Waals surface area contributed by atoms with Gasteiger partial charge in [0.15, 0.2) is 5.17 Å². The van der Waals surface area contributed by atoms with Gasteiger partial charge in [-0.3, -0.25) is 14.7 Å². The van der Waals surface area contributed by atoms with E-state index in [-0.39, 0.29) is 11.7 Å². The lowest BCUT2D eigenvalue weighted by Crippen LogP contribution is -2.45. The van der Waals surface area contributed by atoms with Crippen molar-refractivity contribution in [1.82, 2.24) is 20.2 Å². The van der Waals surface area contributed by atoms with Gasteiger partial charge in [0.25, 0.3) is 5.91 Å². The third-order valence-electron chi connectivity index (χ3n) is 6.16. The van der Waals surface area contributed by atoms with Gasteiger partial charge in [0.2, 0.25) is 0 Å². The third-order valence-corrected chi connectivity index (χ3v) is 7.16. The minimum Gasteiger partial charge on any atom is -0.410 e. The first-order chi connectivity index (χ1) is 16.0. The van der Waals surface area contributed by atoms with Crippen LogP contribution in [-0.2, 0) is 4.79 Å². The quantitative estimate of drug-likeness (QED) is 0.655. The molecule has 3 aliphatic heterocycles. The molecule has 1 atom stereocenters. The highest BCUT2D eigenvalue weighted by Gasteiger charge is 2.31. The summed E-state index contributed by atoms with van der Waals surface area (Å²) in [6, 6.07) is 4.25. The Morgan fingerprint density at radius 1 is 1.33 bits per heavy atom. The van der Waals surface area contributed by atoms with Crippen molar-refractivity contribution in [3.05, 3.63) is 34.5 Å². The second kappa shape index (κ2) is 10.7. The lowest BCUT2D eigenvalue weighted by molar-refractivity contribution is -0.113. The Morgan fingerprint density at radius 3 is 2.88 bits per heavy atom. The molecule has 10 heteroatoms. The summed E-state index contributed by atoms with van der Waals surface area (Å²) in [4.78, 5) is 33.8. The van der Waals surface area contributed by atoms with Crippen LogP contribution in [0.1, 0.15) is 38.7 Å². The van der Waals surface area contributed by atoms with E-state index in [0.717, 1.165) is 45.4 Å². The molecule has 4 rings (SSSR count). The van der Waals surface area contributed by atoms with E-state index in [1.54, 1.807) is 11.0 Å². The number of hydrogen-bond donors (Lipinski definition) is 1. The minimum absolute atomic E-state index is 0.220. The number of likely N-dealkylation sites (N-methyl/N-ethyl adjacent to an activating group) is 1. The number of carbonyl (C=O) groups is 2. The van der Waals surface area contributed by atoms with Crippen LogP contribution in [0.25, 0.3) is 6.08 Å². The molecule has 0 spiro atoms. The molecule has 0 bridgehead atoms. The van der Waals surface area contributed by atoms with E-state index >= 15 is 0 Å². The van der Waals surface area contributed by atoms with Gasteiger partial charge < -0.3 is 9.64 Å². The van der Waals surface area contributed by atoms with Gasteiger partial charge in [0, 0.05) is 37.8 Å².